The van der Waals surface area contributed by atoms with Crippen molar-refractivity contribution in [2.75, 3.05) is 37.0 Å². The number of nitrogens with zero attached hydrogens (tertiary/aromatic N) is 4. The van der Waals surface area contributed by atoms with E-state index in [4.69, 9.17) is 21.3 Å². The summed E-state index contributed by atoms with van der Waals surface area (Å²) >= 11 is 7.83. The number of hydrogen-bond acceptors (Lipinski definition) is 7. The molecule has 1 aliphatic rings. The molecule has 0 amide bonds. The number of ether oxygens (including phenoxy) is 1. The topological polar surface area (TPSA) is 63.2 Å². The Balaban J connectivity index is 1.83. The molecule has 24 heavy (non-hydrogen) atoms. The summed E-state index contributed by atoms with van der Waals surface area (Å²) in [5.74, 6) is 0.804. The van der Waals surface area contributed by atoms with Gasteiger partial charge < -0.3 is 15.0 Å². The van der Waals surface area contributed by atoms with Crippen LogP contribution in [0.1, 0.15) is 37.6 Å². The molecule has 0 saturated carbocycles. The fraction of sp³-hybridized carbons (Fsp3) is 0.562. The summed E-state index contributed by atoms with van der Waals surface area (Å²) in [6.45, 7) is 8.58. The zero-order valence-corrected chi connectivity index (χ0v) is 15.9. The fourth-order valence-electron chi connectivity index (χ4n) is 2.58. The molecule has 2 aromatic rings. The number of morpholine rings is 1. The molecule has 1 atom stereocenters. The molecule has 8 heteroatoms. The molecule has 0 aromatic carbocycles. The minimum atomic E-state index is -0.0571. The van der Waals surface area contributed by atoms with Gasteiger partial charge >= 0.3 is 0 Å². The molecule has 3 rings (SSSR count). The first-order chi connectivity index (χ1) is 11.4. The maximum absolute atomic E-state index is 6.17. The van der Waals surface area contributed by atoms with Crippen LogP contribution in [0.15, 0.2) is 11.7 Å². The molecule has 130 valence electrons. The third kappa shape index (κ3) is 3.48. The molecule has 0 bridgehead atoms. The first-order valence-electron chi connectivity index (χ1n) is 7.91. The summed E-state index contributed by atoms with van der Waals surface area (Å²) < 4.78 is 5.95. The summed E-state index contributed by atoms with van der Waals surface area (Å²) in [7, 11) is 1.82. The number of anilines is 2. The van der Waals surface area contributed by atoms with Gasteiger partial charge in [-0.05, 0) is 0 Å². The van der Waals surface area contributed by atoms with Crippen LogP contribution in [0.25, 0.3) is 0 Å². The van der Waals surface area contributed by atoms with Gasteiger partial charge in [0.25, 0.3) is 0 Å². The van der Waals surface area contributed by atoms with Crippen molar-refractivity contribution < 1.29 is 4.74 Å². The number of halogens is 1. The van der Waals surface area contributed by atoms with Crippen LogP contribution in [0.2, 0.25) is 5.15 Å². The molecule has 0 spiro atoms. The Labute approximate surface area is 151 Å². The molecular weight excluding hydrogens is 346 g/mol. The van der Waals surface area contributed by atoms with Gasteiger partial charge in [-0.1, -0.05) is 32.4 Å². The van der Waals surface area contributed by atoms with Crippen LogP contribution in [0.4, 0.5) is 11.5 Å². The van der Waals surface area contributed by atoms with Crippen molar-refractivity contribution in [3.05, 3.63) is 27.6 Å². The van der Waals surface area contributed by atoms with Gasteiger partial charge in [-0.3, -0.25) is 0 Å². The van der Waals surface area contributed by atoms with Crippen LogP contribution >= 0.6 is 22.9 Å². The Hall–Kier alpha value is -1.44. The van der Waals surface area contributed by atoms with Gasteiger partial charge in [0, 0.05) is 24.4 Å². The average Bonchev–Trinajstić information content (AvgIpc) is 3.05. The van der Waals surface area contributed by atoms with Crippen LogP contribution in [-0.2, 0) is 10.2 Å². The molecule has 1 N–H and O–H groups in total. The minimum Gasteiger partial charge on any atom is -0.383 e. The molecule has 1 fully saturated rings. The number of hydrogen-bond donors (Lipinski definition) is 1. The molecule has 1 saturated heterocycles. The number of aromatic nitrogens is 3. The predicted octanol–water partition coefficient (Wildman–Crippen LogP) is 3.50. The van der Waals surface area contributed by atoms with Crippen LogP contribution in [-0.4, -0.2) is 41.7 Å². The van der Waals surface area contributed by atoms with Crippen LogP contribution in [0, 0.1) is 0 Å². The lowest BCUT2D eigenvalue weighted by atomic mass is 9.93. The fourth-order valence-corrected chi connectivity index (χ4v) is 3.89. The van der Waals surface area contributed by atoms with Crippen molar-refractivity contribution in [1.82, 2.24) is 15.0 Å². The molecule has 1 unspecified atom stereocenters. The second kappa shape index (κ2) is 6.82. The van der Waals surface area contributed by atoms with E-state index in [1.165, 1.54) is 6.33 Å². The van der Waals surface area contributed by atoms with Crippen molar-refractivity contribution in [2.45, 2.75) is 32.3 Å². The van der Waals surface area contributed by atoms with E-state index in [-0.39, 0.29) is 11.5 Å². The lowest BCUT2D eigenvalue weighted by Crippen LogP contribution is -2.39. The summed E-state index contributed by atoms with van der Waals surface area (Å²) in [4.78, 5) is 15.4. The SMILES string of the molecule is CNc1c(Cl)ncnc1N1CCOC(c2nc(C(C)(C)C)cs2)C1. The van der Waals surface area contributed by atoms with E-state index in [0.29, 0.717) is 18.3 Å². The van der Waals surface area contributed by atoms with Gasteiger partial charge in [0.1, 0.15) is 23.1 Å². The highest BCUT2D eigenvalue weighted by molar-refractivity contribution is 7.09. The van der Waals surface area contributed by atoms with Crippen molar-refractivity contribution in [3.8, 4) is 0 Å². The Kier molecular flexibility index (Phi) is 4.94. The first kappa shape index (κ1) is 17.4. The molecule has 0 radical (unpaired) electrons. The number of thiazole rings is 1. The number of rotatable bonds is 3. The third-order valence-electron chi connectivity index (χ3n) is 3.96. The molecule has 1 aliphatic heterocycles. The zero-order valence-electron chi connectivity index (χ0n) is 14.3. The zero-order chi connectivity index (χ0) is 17.3. The minimum absolute atomic E-state index is 0.0442. The van der Waals surface area contributed by atoms with E-state index < -0.39 is 0 Å². The van der Waals surface area contributed by atoms with Crippen LogP contribution in [0.5, 0.6) is 0 Å². The monoisotopic (exact) mass is 367 g/mol. The number of nitrogens with one attached hydrogen (secondary N) is 1. The largest absolute Gasteiger partial charge is 0.383 e. The van der Waals surface area contributed by atoms with Crippen molar-refractivity contribution in [3.63, 3.8) is 0 Å². The second-order valence-electron chi connectivity index (χ2n) is 6.74. The Morgan fingerprint density at radius 2 is 2.17 bits per heavy atom. The predicted molar refractivity (Wildman–Crippen MR) is 98.3 cm³/mol. The van der Waals surface area contributed by atoms with E-state index in [1.807, 2.05) is 7.05 Å². The Morgan fingerprint density at radius 3 is 2.83 bits per heavy atom. The van der Waals surface area contributed by atoms with Crippen molar-refractivity contribution in [1.29, 1.82) is 0 Å². The van der Waals surface area contributed by atoms with Crippen LogP contribution in [0.3, 0.4) is 0 Å². The lowest BCUT2D eigenvalue weighted by Gasteiger charge is -2.33. The van der Waals surface area contributed by atoms with Gasteiger partial charge in [-0.2, -0.15) is 0 Å². The summed E-state index contributed by atoms with van der Waals surface area (Å²) in [5, 5.41) is 6.65. The van der Waals surface area contributed by atoms with E-state index in [9.17, 15) is 0 Å². The Bertz CT molecular complexity index is 715. The molecule has 2 aromatic heterocycles. The Morgan fingerprint density at radius 1 is 1.38 bits per heavy atom. The highest BCUT2D eigenvalue weighted by Crippen LogP contribution is 2.34. The van der Waals surface area contributed by atoms with Crippen molar-refractivity contribution >= 4 is 34.4 Å². The maximum atomic E-state index is 6.17. The maximum Gasteiger partial charge on any atom is 0.157 e. The molecular formula is C16H22ClN5OS. The highest BCUT2D eigenvalue weighted by Gasteiger charge is 2.28. The molecule has 6 nitrogen and oxygen atoms in total. The lowest BCUT2D eigenvalue weighted by molar-refractivity contribution is 0.0392. The van der Waals surface area contributed by atoms with Gasteiger partial charge in [0.15, 0.2) is 11.0 Å². The van der Waals surface area contributed by atoms with E-state index in [2.05, 4.69) is 46.3 Å². The van der Waals surface area contributed by atoms with Crippen molar-refractivity contribution in [2.24, 2.45) is 0 Å². The third-order valence-corrected chi connectivity index (χ3v) is 5.19. The first-order valence-corrected chi connectivity index (χ1v) is 9.16. The summed E-state index contributed by atoms with van der Waals surface area (Å²) in [6, 6.07) is 0. The standard InChI is InChI=1S/C16H22ClN5OS/c1-16(2,3)11-8-24-15(21-11)10-7-22(5-6-23-10)14-12(18-4)13(17)19-9-20-14/h8-10,18H,5-7H2,1-4H3. The summed E-state index contributed by atoms with van der Waals surface area (Å²) in [6.07, 6.45) is 1.43. The van der Waals surface area contributed by atoms with E-state index >= 15 is 0 Å². The van der Waals surface area contributed by atoms with Gasteiger partial charge in [-0.15, -0.1) is 11.3 Å². The molecule has 3 heterocycles. The molecule has 0 aliphatic carbocycles. The average molecular weight is 368 g/mol. The van der Waals surface area contributed by atoms with Gasteiger partial charge in [-0.25, -0.2) is 15.0 Å². The smallest absolute Gasteiger partial charge is 0.157 e. The highest BCUT2D eigenvalue weighted by atomic mass is 35.5. The summed E-state index contributed by atoms with van der Waals surface area (Å²) in [5.41, 5.74) is 1.89. The van der Waals surface area contributed by atoms with Gasteiger partial charge in [0.2, 0.25) is 0 Å². The van der Waals surface area contributed by atoms with Crippen LogP contribution < -0.4 is 10.2 Å². The quantitative estimate of drug-likeness (QED) is 0.837. The normalized spacial score (nSPS) is 18.7. The second-order valence-corrected chi connectivity index (χ2v) is 7.99. The van der Waals surface area contributed by atoms with E-state index in [1.54, 1.807) is 11.3 Å². The van der Waals surface area contributed by atoms with E-state index in [0.717, 1.165) is 28.8 Å². The van der Waals surface area contributed by atoms with Gasteiger partial charge in [0.05, 0.1) is 18.8 Å².